The van der Waals surface area contributed by atoms with E-state index in [0.717, 1.165) is 195 Å². The predicted molar refractivity (Wildman–Crippen MR) is 539 cm³/mol. The summed E-state index contributed by atoms with van der Waals surface area (Å²) in [7, 11) is 7.47. The van der Waals surface area contributed by atoms with Crippen LogP contribution < -0.4 is 32.9 Å². The minimum Gasteiger partial charge on any atom is -1.00 e. The van der Waals surface area contributed by atoms with E-state index in [9.17, 15) is 39.0 Å². The molecule has 5 N–H and O–H groups in total. The van der Waals surface area contributed by atoms with Crippen molar-refractivity contribution >= 4 is 130 Å². The molecule has 12 nitrogen and oxygen atoms in total. The number of hydrogen-bond acceptors (Lipinski definition) is 12. The zero-order valence-corrected chi connectivity index (χ0v) is 85.7. The van der Waals surface area contributed by atoms with E-state index in [1.165, 1.54) is 92.0 Å². The zero-order chi connectivity index (χ0) is 87.4. The van der Waals surface area contributed by atoms with Crippen LogP contribution in [0.1, 0.15) is 315 Å². The van der Waals surface area contributed by atoms with Gasteiger partial charge in [0.2, 0.25) is 0 Å². The molecule has 8 saturated carbocycles. The number of aliphatic hydroxyl groups is 2. The van der Waals surface area contributed by atoms with E-state index in [2.05, 4.69) is 133 Å². The fourth-order valence-corrected chi connectivity index (χ4v) is 20.1. The third-order valence-electron chi connectivity index (χ3n) is 26.7. The van der Waals surface area contributed by atoms with Crippen LogP contribution in [-0.4, -0.2) is 112 Å². The first-order valence-electron chi connectivity index (χ1n) is 45.4. The molecule has 4 atom stereocenters. The van der Waals surface area contributed by atoms with Crippen LogP contribution in [0, 0.1) is 73.6 Å². The van der Waals surface area contributed by atoms with Crippen molar-refractivity contribution in [3.8, 4) is 0 Å². The minimum atomic E-state index is -0.694. The van der Waals surface area contributed by atoms with E-state index in [0.29, 0.717) is 54.2 Å². The Kier molecular flexibility index (Phi) is 55.0. The van der Waals surface area contributed by atoms with Crippen LogP contribution in [0.4, 0.5) is 0 Å². The predicted octanol–water partition coefficient (Wildman–Crippen LogP) is 22.7. The van der Waals surface area contributed by atoms with E-state index >= 15 is 0 Å². The number of carbonyl (C=O) groups is 6. The van der Waals surface area contributed by atoms with Gasteiger partial charge in [0.1, 0.15) is 28.5 Å². The van der Waals surface area contributed by atoms with Crippen molar-refractivity contribution < 1.29 is 56.0 Å². The number of rotatable bonds is 15. The second-order valence-electron chi connectivity index (χ2n) is 34.8. The Labute approximate surface area is 822 Å². The molecular formula is C108H146Br2Cl4MgN4O8. The first kappa shape index (κ1) is 117. The third kappa shape index (κ3) is 32.2. The number of halogens is 6. The molecule has 0 spiro atoms. The molecule has 0 bridgehead atoms. The van der Waals surface area contributed by atoms with Crippen molar-refractivity contribution in [2.24, 2.45) is 16.8 Å². The number of likely N-dealkylation sites (N-methyl/N-ethyl adjacent to an activating group) is 3. The standard InChI is InChI=1S/4C14H19NO.C13H15BrO.C13H18O.C13H16O.C8H8O.C5H9.BrH.4ClH.Mg/c1-11-7-3-4-8-12(11)13(15-2)14(16)9-5-6-10-14;3*1-11-7-3-4-8-12(11)14(15-2)10-6-5-9-13(14)16;1-10-6-2-3-7-11(10)12(15)13(14)8-4-5-9-13;2*1-10-6-2-5-9-12(10)13(14)11-7-3-4-8-11;1-7-4-2-3-5-8(7)6-9;1-2-4-5-3-1;;;;;;/h3-4,7-8,16H,5-6,9-10H2,1-2H3;3*3-4,7-8,15H,5-6,9-10H2,1-2H3;2-3,6-7H,4-5,8-9H2,1H3;2,5-6,9,11,13-14H,3-4,7-8H2,1H3;2,5-6,9,11H,3-4,7-8H2,1H3;2-6H,1H3;1H,2-5H2;5*1H;/q;;;;;;;;-1;;;;;;+2/p-1/t;2*14-;;;;;;;;;;;;/m.10............/s1. The van der Waals surface area contributed by atoms with Gasteiger partial charge in [-0.15, -0.1) is 49.6 Å². The van der Waals surface area contributed by atoms with Gasteiger partial charge in [0.25, 0.3) is 0 Å². The summed E-state index contributed by atoms with van der Waals surface area (Å²) in [5, 5.41) is 30.6. The number of nitrogens with zero attached hydrogens (tertiary/aromatic N) is 1. The van der Waals surface area contributed by atoms with Gasteiger partial charge in [0, 0.05) is 54.5 Å². The maximum Gasteiger partial charge on any atom is 2.00 e. The van der Waals surface area contributed by atoms with Gasteiger partial charge >= 0.3 is 23.1 Å². The van der Waals surface area contributed by atoms with Gasteiger partial charge in [-0.3, -0.25) is 33.8 Å². The quantitative estimate of drug-likeness (QED) is 0.0164. The summed E-state index contributed by atoms with van der Waals surface area (Å²) in [4.78, 5) is 75.7. The van der Waals surface area contributed by atoms with Crippen LogP contribution in [0.5, 0.6) is 0 Å². The van der Waals surface area contributed by atoms with Gasteiger partial charge < -0.3 is 49.6 Å². The molecule has 2 unspecified atom stereocenters. The molecule has 0 amide bonds. The van der Waals surface area contributed by atoms with Gasteiger partial charge in [-0.05, 0) is 239 Å². The summed E-state index contributed by atoms with van der Waals surface area (Å²) in [5.41, 5.74) is 16.4. The molecule has 8 fully saturated rings. The number of aliphatic imine (C=N–C) groups is 1. The minimum absolute atomic E-state index is 0. The van der Waals surface area contributed by atoms with Crippen molar-refractivity contribution in [2.75, 3.05) is 28.2 Å². The van der Waals surface area contributed by atoms with E-state index in [4.69, 9.17) is 0 Å². The van der Waals surface area contributed by atoms with Crippen molar-refractivity contribution in [3.05, 3.63) is 290 Å². The number of aldehydes is 1. The van der Waals surface area contributed by atoms with E-state index in [1.807, 2.05) is 181 Å². The summed E-state index contributed by atoms with van der Waals surface area (Å²) >= 11 is 3.63. The van der Waals surface area contributed by atoms with E-state index in [1.54, 1.807) is 7.05 Å². The van der Waals surface area contributed by atoms with E-state index in [-0.39, 0.29) is 106 Å². The fourth-order valence-electron chi connectivity index (χ4n) is 19.3. The summed E-state index contributed by atoms with van der Waals surface area (Å²) in [5.74, 6) is 2.45. The second kappa shape index (κ2) is 59.6. The van der Waals surface area contributed by atoms with E-state index < -0.39 is 22.2 Å². The van der Waals surface area contributed by atoms with Crippen molar-refractivity contribution in [1.82, 2.24) is 16.0 Å². The molecule has 0 saturated heterocycles. The molecule has 19 heteroatoms. The largest absolute Gasteiger partial charge is 2.00 e. The van der Waals surface area contributed by atoms with Crippen LogP contribution in [0.3, 0.4) is 0 Å². The van der Waals surface area contributed by atoms with Gasteiger partial charge in [0.15, 0.2) is 28.9 Å². The number of aryl methyl sites for hydroxylation is 8. The Hall–Kier alpha value is -5.86. The molecule has 0 aliphatic heterocycles. The number of benzene rings is 8. The number of aliphatic hydroxyl groups excluding tert-OH is 1. The maximum atomic E-state index is 12.3. The van der Waals surface area contributed by atoms with Crippen LogP contribution in [-0.2, 0) is 31.0 Å². The molecule has 0 heterocycles. The van der Waals surface area contributed by atoms with Crippen LogP contribution in [0.25, 0.3) is 0 Å². The number of carbonyl (C=O) groups excluding carboxylic acids is 6. The topological polar surface area (TPSA) is 191 Å². The van der Waals surface area contributed by atoms with Gasteiger partial charge in [-0.2, -0.15) is 12.8 Å². The van der Waals surface area contributed by atoms with Crippen LogP contribution in [0.15, 0.2) is 199 Å². The number of Topliss-reactive ketones (excluding diaryl/α,β-unsaturated/α-hetero) is 5. The molecule has 0 radical (unpaired) electrons. The van der Waals surface area contributed by atoms with Crippen molar-refractivity contribution in [1.29, 1.82) is 0 Å². The average molecular weight is 1950 g/mol. The first-order valence-corrected chi connectivity index (χ1v) is 46.2. The Bertz CT molecular complexity index is 4480. The Morgan fingerprint density at radius 2 is 0.740 bits per heavy atom. The third-order valence-corrected chi connectivity index (χ3v) is 27.9. The number of hydrogen-bond donors (Lipinski definition) is 5. The second-order valence-corrected chi connectivity index (χ2v) is 36.3. The van der Waals surface area contributed by atoms with Gasteiger partial charge in [0.05, 0.1) is 16.1 Å². The molecule has 127 heavy (non-hydrogen) atoms. The Morgan fingerprint density at radius 1 is 0.417 bits per heavy atom. The molecule has 8 aromatic rings. The average Bonchev–Trinajstić information content (AvgIpc) is 1.71. The summed E-state index contributed by atoms with van der Waals surface area (Å²) in [6, 6.07) is 64.2. The summed E-state index contributed by atoms with van der Waals surface area (Å²) < 4.78 is -0.279. The normalized spacial score (nSPS) is 20.2. The summed E-state index contributed by atoms with van der Waals surface area (Å²) in [6.07, 6.45) is 37.7. The number of alkyl halides is 1. The molecule has 690 valence electrons. The Morgan fingerprint density at radius 3 is 1.07 bits per heavy atom. The van der Waals surface area contributed by atoms with Crippen molar-refractivity contribution in [3.63, 3.8) is 0 Å². The fraction of sp³-hybridized carbons (Fsp3) is 0.481. The SMILES string of the molecule is CN=C(c1ccccc1C)C1(O)CCCC1.CNC1(c2ccccc2C)CCCCC1=O.CN[C@@]1(c2ccccc2C)CCCCC1=O.CN[C@]1(c2ccccc2C)CCCCC1=O.Cc1ccccc1C(=O)C1(Br)CCCC1.Cc1ccccc1C(=O)C1CCCC1.Cc1ccccc1C(O)C1CCCC1.Cc1ccccc1C=O.Cl.Cl.Cl.Cl.[Br-].[CH-]1CCCC1.[Mg+2]. The summed E-state index contributed by atoms with van der Waals surface area (Å²) in [6.45, 7) is 16.3. The van der Waals surface area contributed by atoms with Crippen LogP contribution in [0.2, 0.25) is 0 Å². The molecule has 8 aromatic carbocycles. The maximum absolute atomic E-state index is 12.3. The molecule has 8 aliphatic carbocycles. The molecule has 16 rings (SSSR count). The smallest absolute Gasteiger partial charge is 1.00 e. The molecule has 0 aromatic heterocycles. The van der Waals surface area contributed by atoms with Gasteiger partial charge in [-0.25, -0.2) is 0 Å². The monoisotopic (exact) mass is 1950 g/mol. The van der Waals surface area contributed by atoms with Crippen molar-refractivity contribution in [2.45, 2.75) is 294 Å². The van der Waals surface area contributed by atoms with Gasteiger partial charge in [-0.1, -0.05) is 294 Å². The zero-order valence-electron chi connectivity index (χ0n) is 77.9. The first-order chi connectivity index (χ1) is 58.3. The Balaban J connectivity index is 0.000000486. The molecule has 8 aliphatic rings. The number of nitrogens with one attached hydrogen (secondary N) is 3. The number of ketones is 5. The molecular weight excluding hydrogens is 1810 g/mol. The van der Waals surface area contributed by atoms with Crippen LogP contribution >= 0.6 is 65.6 Å².